The molecular weight excluding hydrogens is 270 g/mol. The Bertz CT molecular complexity index is 568. The minimum absolute atomic E-state index is 0.716. The summed E-state index contributed by atoms with van der Waals surface area (Å²) < 4.78 is 5.94. The van der Waals surface area contributed by atoms with E-state index in [1.54, 1.807) is 0 Å². The van der Waals surface area contributed by atoms with Gasteiger partial charge in [0.15, 0.2) is 0 Å². The molecule has 2 heteroatoms. The molecule has 1 aromatic heterocycles. The Balaban J connectivity index is 1.59. The van der Waals surface area contributed by atoms with E-state index in [1.807, 2.05) is 6.20 Å². The second kappa shape index (κ2) is 7.44. The van der Waals surface area contributed by atoms with Gasteiger partial charge in [-0.2, -0.15) is 0 Å². The van der Waals surface area contributed by atoms with Crippen LogP contribution >= 0.6 is 0 Å². The van der Waals surface area contributed by atoms with E-state index in [1.165, 1.54) is 31.2 Å². The van der Waals surface area contributed by atoms with E-state index < -0.39 is 0 Å². The summed E-state index contributed by atoms with van der Waals surface area (Å²) in [5.41, 5.74) is 3.43. The first-order valence-corrected chi connectivity index (χ1v) is 8.35. The average molecular weight is 294 g/mol. The summed E-state index contributed by atoms with van der Waals surface area (Å²) in [7, 11) is 0. The van der Waals surface area contributed by atoms with Crippen molar-refractivity contribution >= 4 is 0 Å². The maximum Gasteiger partial charge on any atom is 0.119 e. The number of ether oxygens (including phenoxy) is 1. The lowest BCUT2D eigenvalue weighted by molar-refractivity contribution is 0.221. The van der Waals surface area contributed by atoms with Crippen molar-refractivity contribution in [3.8, 4) is 17.0 Å². The summed E-state index contributed by atoms with van der Waals surface area (Å²) in [6.45, 7) is 2.99. The summed E-state index contributed by atoms with van der Waals surface area (Å²) in [6, 6.07) is 12.5. The van der Waals surface area contributed by atoms with Gasteiger partial charge in [0.25, 0.3) is 0 Å². The molecule has 0 aliphatic heterocycles. The fourth-order valence-electron chi connectivity index (χ4n) is 2.90. The Labute approximate surface area is 133 Å². The van der Waals surface area contributed by atoms with Gasteiger partial charge in [0, 0.05) is 11.8 Å². The highest BCUT2D eigenvalue weighted by Gasteiger charge is 2.14. The van der Waals surface area contributed by atoms with Gasteiger partial charge in [0.1, 0.15) is 5.75 Å². The zero-order chi connectivity index (χ0) is 15.2. The lowest BCUT2D eigenvalue weighted by Crippen LogP contribution is -2.15. The van der Waals surface area contributed by atoms with E-state index in [0.29, 0.717) is 5.92 Å². The van der Waals surface area contributed by atoms with Gasteiger partial charge in [-0.3, -0.25) is 4.98 Å². The van der Waals surface area contributed by atoms with Crippen LogP contribution < -0.4 is 4.74 Å². The Kier molecular flexibility index (Phi) is 5.10. The molecule has 1 radical (unpaired) electrons. The van der Waals surface area contributed by atoms with Gasteiger partial charge in [-0.15, -0.1) is 0 Å². The van der Waals surface area contributed by atoms with Crippen LogP contribution in [0.4, 0.5) is 0 Å². The molecule has 1 aromatic carbocycles. The highest BCUT2D eigenvalue weighted by Crippen LogP contribution is 2.25. The van der Waals surface area contributed by atoms with Crippen LogP contribution in [0.1, 0.15) is 38.2 Å². The van der Waals surface area contributed by atoms with E-state index in [9.17, 15) is 0 Å². The summed E-state index contributed by atoms with van der Waals surface area (Å²) in [6.07, 6.45) is 10.4. The van der Waals surface area contributed by atoms with Crippen LogP contribution in [-0.2, 0) is 6.42 Å². The number of hydrogen-bond donors (Lipinski definition) is 0. The van der Waals surface area contributed by atoms with Gasteiger partial charge in [-0.05, 0) is 80.3 Å². The molecule has 3 rings (SSSR count). The molecular formula is C20H24NO. The first-order valence-electron chi connectivity index (χ1n) is 8.35. The van der Waals surface area contributed by atoms with E-state index in [-0.39, 0.29) is 0 Å². The molecule has 0 spiro atoms. The third-order valence-corrected chi connectivity index (χ3v) is 4.43. The molecule has 0 atom stereocenters. The van der Waals surface area contributed by atoms with Crippen LogP contribution in [0.3, 0.4) is 0 Å². The number of pyridine rings is 1. The first-order chi connectivity index (χ1) is 10.8. The molecule has 22 heavy (non-hydrogen) atoms. The molecule has 0 bridgehead atoms. The third-order valence-electron chi connectivity index (χ3n) is 4.43. The number of benzene rings is 1. The molecule has 1 aliphatic carbocycles. The van der Waals surface area contributed by atoms with E-state index in [0.717, 1.165) is 30.0 Å². The average Bonchev–Trinajstić information content (AvgIpc) is 2.61. The number of rotatable bonds is 5. The molecule has 0 saturated heterocycles. The monoisotopic (exact) mass is 294 g/mol. The SMILES string of the molecule is CCc1ccc(-c2ccc(OCC3CC[CH]CC3)cc2)nc1. The van der Waals surface area contributed by atoms with Crippen LogP contribution in [-0.4, -0.2) is 11.6 Å². The van der Waals surface area contributed by atoms with Crippen molar-refractivity contribution in [2.75, 3.05) is 6.61 Å². The number of nitrogens with zero attached hydrogens (tertiary/aromatic N) is 1. The third kappa shape index (κ3) is 3.88. The number of hydrogen-bond acceptors (Lipinski definition) is 2. The van der Waals surface area contributed by atoms with Gasteiger partial charge in [-0.1, -0.05) is 13.0 Å². The Morgan fingerprint density at radius 3 is 2.45 bits per heavy atom. The largest absolute Gasteiger partial charge is 0.493 e. The zero-order valence-electron chi connectivity index (χ0n) is 13.3. The molecule has 115 valence electrons. The molecule has 1 fully saturated rings. The van der Waals surface area contributed by atoms with Crippen LogP contribution in [0.5, 0.6) is 5.75 Å². The van der Waals surface area contributed by atoms with Gasteiger partial charge in [-0.25, -0.2) is 0 Å². The lowest BCUT2D eigenvalue weighted by atomic mass is 9.90. The number of aromatic nitrogens is 1. The molecule has 0 N–H and O–H groups in total. The number of aryl methyl sites for hydroxylation is 1. The summed E-state index contributed by atoms with van der Waals surface area (Å²) in [5, 5.41) is 0. The predicted octanol–water partition coefficient (Wildman–Crippen LogP) is 5.08. The highest BCUT2D eigenvalue weighted by molar-refractivity contribution is 5.60. The van der Waals surface area contributed by atoms with Crippen molar-refractivity contribution in [1.82, 2.24) is 4.98 Å². The maximum atomic E-state index is 5.94. The Morgan fingerprint density at radius 1 is 1.05 bits per heavy atom. The van der Waals surface area contributed by atoms with Crippen molar-refractivity contribution in [2.24, 2.45) is 5.92 Å². The highest BCUT2D eigenvalue weighted by atomic mass is 16.5. The second-order valence-electron chi connectivity index (χ2n) is 6.05. The molecule has 1 heterocycles. The van der Waals surface area contributed by atoms with E-state index in [4.69, 9.17) is 4.74 Å². The van der Waals surface area contributed by atoms with Crippen molar-refractivity contribution in [3.63, 3.8) is 0 Å². The van der Waals surface area contributed by atoms with E-state index >= 15 is 0 Å². The predicted molar refractivity (Wildman–Crippen MR) is 90.8 cm³/mol. The zero-order valence-corrected chi connectivity index (χ0v) is 13.3. The fraction of sp³-hybridized carbons (Fsp3) is 0.400. The lowest BCUT2D eigenvalue weighted by Gasteiger charge is -2.21. The molecule has 0 unspecified atom stereocenters. The molecule has 1 saturated carbocycles. The standard InChI is InChI=1S/C20H24NO/c1-2-16-8-13-20(21-14-16)18-9-11-19(12-10-18)22-15-17-6-4-3-5-7-17/h3,8-14,17H,2,4-7,15H2,1H3. The van der Waals surface area contributed by atoms with Gasteiger partial charge >= 0.3 is 0 Å². The summed E-state index contributed by atoms with van der Waals surface area (Å²) in [4.78, 5) is 4.52. The minimum Gasteiger partial charge on any atom is -0.493 e. The first kappa shape index (κ1) is 15.1. The maximum absolute atomic E-state index is 5.94. The van der Waals surface area contributed by atoms with Crippen molar-refractivity contribution < 1.29 is 4.74 Å². The van der Waals surface area contributed by atoms with Crippen molar-refractivity contribution in [3.05, 3.63) is 54.6 Å². The second-order valence-corrected chi connectivity index (χ2v) is 6.05. The minimum atomic E-state index is 0.716. The van der Waals surface area contributed by atoms with Gasteiger partial charge in [0.05, 0.1) is 12.3 Å². The van der Waals surface area contributed by atoms with Gasteiger partial charge < -0.3 is 4.74 Å². The Hall–Kier alpha value is -1.83. The Morgan fingerprint density at radius 2 is 1.82 bits per heavy atom. The van der Waals surface area contributed by atoms with E-state index in [2.05, 4.69) is 54.7 Å². The van der Waals surface area contributed by atoms with Crippen LogP contribution in [0, 0.1) is 12.3 Å². The van der Waals surface area contributed by atoms with Crippen LogP contribution in [0.25, 0.3) is 11.3 Å². The van der Waals surface area contributed by atoms with Crippen LogP contribution in [0.2, 0.25) is 0 Å². The van der Waals surface area contributed by atoms with Crippen LogP contribution in [0.15, 0.2) is 42.6 Å². The molecule has 1 aliphatic rings. The van der Waals surface area contributed by atoms with Crippen molar-refractivity contribution in [1.29, 1.82) is 0 Å². The molecule has 0 amide bonds. The van der Waals surface area contributed by atoms with Gasteiger partial charge in [0.2, 0.25) is 0 Å². The van der Waals surface area contributed by atoms with Crippen molar-refractivity contribution in [2.45, 2.75) is 39.0 Å². The molecule has 2 aromatic rings. The normalized spacial score (nSPS) is 15.7. The summed E-state index contributed by atoms with van der Waals surface area (Å²) in [5.74, 6) is 1.68. The topological polar surface area (TPSA) is 22.1 Å². The molecule has 2 nitrogen and oxygen atoms in total. The smallest absolute Gasteiger partial charge is 0.119 e. The fourth-order valence-corrected chi connectivity index (χ4v) is 2.90. The quantitative estimate of drug-likeness (QED) is 0.766. The summed E-state index contributed by atoms with van der Waals surface area (Å²) >= 11 is 0.